The highest BCUT2D eigenvalue weighted by Crippen LogP contribution is 2.26. The molecule has 1 heterocycles. The van der Waals surface area contributed by atoms with Gasteiger partial charge in [0, 0.05) is 23.7 Å². The summed E-state index contributed by atoms with van der Waals surface area (Å²) in [6, 6.07) is 9.32. The predicted octanol–water partition coefficient (Wildman–Crippen LogP) is 3.25. The zero-order valence-electron chi connectivity index (χ0n) is 10.5. The molecule has 0 aliphatic heterocycles. The molecule has 1 N–H and O–H groups in total. The summed E-state index contributed by atoms with van der Waals surface area (Å²) in [7, 11) is 1.99. The maximum Gasteiger partial charge on any atom is 0.0530 e. The molecule has 0 fully saturated rings. The number of hydrogen-bond acceptors (Lipinski definition) is 1. The Hall–Kier alpha value is -1.28. The van der Waals surface area contributed by atoms with Crippen molar-refractivity contribution in [3.63, 3.8) is 0 Å². The molecule has 0 amide bonds. The van der Waals surface area contributed by atoms with Gasteiger partial charge in [-0.3, -0.25) is 0 Å². The molecule has 2 nitrogen and oxygen atoms in total. The number of rotatable bonds is 3. The Kier molecular flexibility index (Phi) is 3.01. The van der Waals surface area contributed by atoms with Crippen molar-refractivity contribution in [3.8, 4) is 0 Å². The van der Waals surface area contributed by atoms with Crippen LogP contribution in [-0.2, 0) is 6.54 Å². The molecule has 16 heavy (non-hydrogen) atoms. The molecule has 86 valence electrons. The molecule has 2 rings (SSSR count). The lowest BCUT2D eigenvalue weighted by Gasteiger charge is -2.15. The Bertz CT molecular complexity index is 495. The third-order valence-corrected chi connectivity index (χ3v) is 3.02. The topological polar surface area (TPSA) is 17.0 Å². The standard InChI is InChI=1S/C14H20N2/c1-10(2)16-11(3)8-12-6-5-7-13(9-15-4)14(12)16/h5-8,10,15H,9H2,1-4H3. The molecule has 0 aliphatic carbocycles. The fraction of sp³-hybridized carbons (Fsp3) is 0.429. The van der Waals surface area contributed by atoms with Crippen molar-refractivity contribution in [2.75, 3.05) is 7.05 Å². The Morgan fingerprint density at radius 1 is 1.31 bits per heavy atom. The quantitative estimate of drug-likeness (QED) is 0.833. The summed E-state index contributed by atoms with van der Waals surface area (Å²) >= 11 is 0. The van der Waals surface area contributed by atoms with E-state index in [1.54, 1.807) is 0 Å². The van der Waals surface area contributed by atoms with Gasteiger partial charge in [0.15, 0.2) is 0 Å². The van der Waals surface area contributed by atoms with E-state index >= 15 is 0 Å². The molecule has 0 saturated heterocycles. The third-order valence-electron chi connectivity index (χ3n) is 3.02. The smallest absolute Gasteiger partial charge is 0.0530 e. The SMILES string of the molecule is CNCc1cccc2cc(C)n(C(C)C)c12. The number of fused-ring (bicyclic) bond motifs is 1. The van der Waals surface area contributed by atoms with E-state index in [0.717, 1.165) is 6.54 Å². The summed E-state index contributed by atoms with van der Waals surface area (Å²) in [4.78, 5) is 0. The number of aromatic nitrogens is 1. The number of aryl methyl sites for hydroxylation is 1. The summed E-state index contributed by atoms with van der Waals surface area (Å²) in [5.41, 5.74) is 4.10. The Morgan fingerprint density at radius 3 is 2.69 bits per heavy atom. The van der Waals surface area contributed by atoms with Crippen molar-refractivity contribution in [2.24, 2.45) is 0 Å². The van der Waals surface area contributed by atoms with Crippen LogP contribution in [0.15, 0.2) is 24.3 Å². The number of benzene rings is 1. The van der Waals surface area contributed by atoms with E-state index < -0.39 is 0 Å². The first-order chi connectivity index (χ1) is 7.65. The van der Waals surface area contributed by atoms with Crippen LogP contribution >= 0.6 is 0 Å². The molecule has 0 unspecified atom stereocenters. The van der Waals surface area contributed by atoms with Crippen LogP contribution in [0, 0.1) is 6.92 Å². The van der Waals surface area contributed by atoms with E-state index in [0.29, 0.717) is 6.04 Å². The second-order valence-electron chi connectivity index (χ2n) is 4.63. The van der Waals surface area contributed by atoms with Gasteiger partial charge in [0.05, 0.1) is 5.52 Å². The summed E-state index contributed by atoms with van der Waals surface area (Å²) < 4.78 is 2.42. The molecule has 0 radical (unpaired) electrons. The van der Waals surface area contributed by atoms with E-state index in [4.69, 9.17) is 0 Å². The van der Waals surface area contributed by atoms with Crippen LogP contribution in [0.2, 0.25) is 0 Å². The molecule has 0 spiro atoms. The van der Waals surface area contributed by atoms with Gasteiger partial charge in [-0.15, -0.1) is 0 Å². The molecule has 0 saturated carbocycles. The molecule has 1 aromatic heterocycles. The van der Waals surface area contributed by atoms with Crippen molar-refractivity contribution in [2.45, 2.75) is 33.4 Å². The second-order valence-corrected chi connectivity index (χ2v) is 4.63. The fourth-order valence-electron chi connectivity index (χ4n) is 2.49. The van der Waals surface area contributed by atoms with Crippen LogP contribution in [0.1, 0.15) is 31.1 Å². The number of para-hydroxylation sites is 1. The molecule has 0 bridgehead atoms. The molecular weight excluding hydrogens is 196 g/mol. The second kappa shape index (κ2) is 4.30. The van der Waals surface area contributed by atoms with Crippen LogP contribution in [0.5, 0.6) is 0 Å². The molecule has 0 atom stereocenters. The van der Waals surface area contributed by atoms with E-state index in [1.165, 1.54) is 22.2 Å². The fourth-order valence-corrected chi connectivity index (χ4v) is 2.49. The van der Waals surface area contributed by atoms with Gasteiger partial charge in [-0.2, -0.15) is 0 Å². The number of nitrogens with zero attached hydrogens (tertiary/aromatic N) is 1. The maximum atomic E-state index is 3.24. The Balaban J connectivity index is 2.72. The van der Waals surface area contributed by atoms with Crippen LogP contribution in [0.3, 0.4) is 0 Å². The third kappa shape index (κ3) is 1.74. The summed E-state index contributed by atoms with van der Waals surface area (Å²) in [5.74, 6) is 0. The predicted molar refractivity (Wildman–Crippen MR) is 69.8 cm³/mol. The van der Waals surface area contributed by atoms with Crippen LogP contribution in [0.25, 0.3) is 10.9 Å². The largest absolute Gasteiger partial charge is 0.342 e. The molecular formula is C14H20N2. The van der Waals surface area contributed by atoms with Crippen molar-refractivity contribution in [1.29, 1.82) is 0 Å². The first kappa shape index (κ1) is 11.2. The minimum Gasteiger partial charge on any atom is -0.342 e. The van der Waals surface area contributed by atoms with Gasteiger partial charge in [0.1, 0.15) is 0 Å². The monoisotopic (exact) mass is 216 g/mol. The Morgan fingerprint density at radius 2 is 2.06 bits per heavy atom. The van der Waals surface area contributed by atoms with Gasteiger partial charge in [-0.05, 0) is 39.4 Å². The molecule has 1 aromatic carbocycles. The highest BCUT2D eigenvalue weighted by molar-refractivity contribution is 5.84. The molecule has 2 aromatic rings. The zero-order chi connectivity index (χ0) is 11.7. The van der Waals surface area contributed by atoms with E-state index in [9.17, 15) is 0 Å². The average Bonchev–Trinajstić information content (AvgIpc) is 2.55. The lowest BCUT2D eigenvalue weighted by molar-refractivity contribution is 0.605. The average molecular weight is 216 g/mol. The lowest BCUT2D eigenvalue weighted by atomic mass is 10.1. The first-order valence-electron chi connectivity index (χ1n) is 5.89. The maximum absolute atomic E-state index is 3.24. The highest BCUT2D eigenvalue weighted by atomic mass is 15.0. The summed E-state index contributed by atoms with van der Waals surface area (Å²) in [6.07, 6.45) is 0. The van der Waals surface area contributed by atoms with Crippen LogP contribution in [-0.4, -0.2) is 11.6 Å². The molecule has 0 aliphatic rings. The highest BCUT2D eigenvalue weighted by Gasteiger charge is 2.11. The zero-order valence-corrected chi connectivity index (χ0v) is 10.5. The van der Waals surface area contributed by atoms with Crippen LogP contribution in [0.4, 0.5) is 0 Å². The lowest BCUT2D eigenvalue weighted by Crippen LogP contribution is -2.09. The minimum atomic E-state index is 0.510. The number of hydrogen-bond donors (Lipinski definition) is 1. The van der Waals surface area contributed by atoms with Crippen molar-refractivity contribution < 1.29 is 0 Å². The van der Waals surface area contributed by atoms with Crippen molar-refractivity contribution in [3.05, 3.63) is 35.5 Å². The van der Waals surface area contributed by atoms with Gasteiger partial charge < -0.3 is 9.88 Å². The minimum absolute atomic E-state index is 0.510. The van der Waals surface area contributed by atoms with E-state index in [2.05, 4.69) is 54.9 Å². The Labute approximate surface area is 97.3 Å². The van der Waals surface area contributed by atoms with Crippen molar-refractivity contribution in [1.82, 2.24) is 9.88 Å². The van der Waals surface area contributed by atoms with Gasteiger partial charge in [0.2, 0.25) is 0 Å². The normalized spacial score (nSPS) is 11.6. The van der Waals surface area contributed by atoms with E-state index in [-0.39, 0.29) is 0 Å². The van der Waals surface area contributed by atoms with Crippen LogP contribution < -0.4 is 5.32 Å². The van der Waals surface area contributed by atoms with Crippen molar-refractivity contribution >= 4 is 10.9 Å². The van der Waals surface area contributed by atoms with Gasteiger partial charge >= 0.3 is 0 Å². The summed E-state index contributed by atoms with van der Waals surface area (Å²) in [6.45, 7) is 7.59. The first-order valence-corrected chi connectivity index (χ1v) is 5.89. The number of nitrogens with one attached hydrogen (secondary N) is 1. The van der Waals surface area contributed by atoms with Gasteiger partial charge in [0.25, 0.3) is 0 Å². The van der Waals surface area contributed by atoms with Gasteiger partial charge in [-0.25, -0.2) is 0 Å². The molecule has 2 heteroatoms. The van der Waals surface area contributed by atoms with Gasteiger partial charge in [-0.1, -0.05) is 18.2 Å². The van der Waals surface area contributed by atoms with E-state index in [1.807, 2.05) is 7.05 Å². The summed E-state index contributed by atoms with van der Waals surface area (Å²) in [5, 5.41) is 4.58.